The van der Waals surface area contributed by atoms with Gasteiger partial charge in [0.1, 0.15) is 5.75 Å². The van der Waals surface area contributed by atoms with Crippen molar-refractivity contribution in [3.63, 3.8) is 0 Å². The Morgan fingerprint density at radius 2 is 1.84 bits per heavy atom. The van der Waals surface area contributed by atoms with Gasteiger partial charge in [0.25, 0.3) is 11.5 Å². The van der Waals surface area contributed by atoms with Crippen LogP contribution in [0.15, 0.2) is 65.6 Å². The monoisotopic (exact) mass is 414 g/mol. The molecule has 0 spiro atoms. The van der Waals surface area contributed by atoms with Gasteiger partial charge in [-0.15, -0.1) is 0 Å². The van der Waals surface area contributed by atoms with E-state index in [0.29, 0.717) is 16.7 Å². The van der Waals surface area contributed by atoms with Gasteiger partial charge in [-0.2, -0.15) is 5.10 Å². The summed E-state index contributed by atoms with van der Waals surface area (Å²) in [6.07, 6.45) is 1.66. The quantitative estimate of drug-likeness (QED) is 0.539. The maximum Gasteiger partial charge on any atom is 0.274 e. The maximum atomic E-state index is 12.7. The molecule has 1 amide bonds. The van der Waals surface area contributed by atoms with E-state index < -0.39 is 0 Å². The Labute approximate surface area is 179 Å². The van der Waals surface area contributed by atoms with Gasteiger partial charge in [0.15, 0.2) is 5.69 Å². The van der Waals surface area contributed by atoms with Gasteiger partial charge in [-0.3, -0.25) is 9.59 Å². The smallest absolute Gasteiger partial charge is 0.274 e. The van der Waals surface area contributed by atoms with Gasteiger partial charge in [-0.25, -0.2) is 9.67 Å². The van der Waals surface area contributed by atoms with Crippen LogP contribution in [0.3, 0.4) is 0 Å². The Kier molecular flexibility index (Phi) is 5.49. The summed E-state index contributed by atoms with van der Waals surface area (Å²) in [5.41, 5.74) is 2.92. The number of carbonyl (C=O) groups excluding carboxylic acids is 1. The standard InChI is InChI=1S/C24H22N4O3/c1-15-8-9-16(2)20(12-15)31-21-11-10-17(13-25-21)14-26-23(29)22-18-6-4-5-7-19(18)24(30)28(3)27-22/h4-13H,14H2,1-3H3,(H,26,29). The zero-order valence-corrected chi connectivity index (χ0v) is 17.5. The second-order valence-corrected chi connectivity index (χ2v) is 7.38. The van der Waals surface area contributed by atoms with Gasteiger partial charge >= 0.3 is 0 Å². The number of ether oxygens (including phenoxy) is 1. The Hall–Kier alpha value is -4.00. The fourth-order valence-electron chi connectivity index (χ4n) is 3.24. The molecule has 31 heavy (non-hydrogen) atoms. The topological polar surface area (TPSA) is 86.1 Å². The number of aryl methyl sites for hydroxylation is 3. The summed E-state index contributed by atoms with van der Waals surface area (Å²) in [5, 5.41) is 7.97. The number of nitrogens with one attached hydrogen (secondary N) is 1. The first-order valence-corrected chi connectivity index (χ1v) is 9.86. The summed E-state index contributed by atoms with van der Waals surface area (Å²) in [7, 11) is 1.53. The van der Waals surface area contributed by atoms with Crippen LogP contribution in [0.2, 0.25) is 0 Å². The van der Waals surface area contributed by atoms with Crippen LogP contribution < -0.4 is 15.6 Å². The molecule has 4 aromatic rings. The fourth-order valence-corrected chi connectivity index (χ4v) is 3.24. The minimum Gasteiger partial charge on any atom is -0.439 e. The molecule has 0 fully saturated rings. The van der Waals surface area contributed by atoms with E-state index in [1.54, 1.807) is 36.5 Å². The van der Waals surface area contributed by atoms with Crippen molar-refractivity contribution in [2.75, 3.05) is 0 Å². The number of rotatable bonds is 5. The van der Waals surface area contributed by atoms with Crippen LogP contribution in [-0.2, 0) is 13.6 Å². The van der Waals surface area contributed by atoms with Gasteiger partial charge in [0.05, 0.1) is 5.39 Å². The number of pyridine rings is 1. The zero-order valence-electron chi connectivity index (χ0n) is 17.5. The van der Waals surface area contributed by atoms with Crippen molar-refractivity contribution in [2.24, 2.45) is 7.05 Å². The van der Waals surface area contributed by atoms with Crippen LogP contribution in [0.25, 0.3) is 10.8 Å². The second kappa shape index (κ2) is 8.39. The molecular formula is C24H22N4O3. The third-order valence-corrected chi connectivity index (χ3v) is 4.98. The lowest BCUT2D eigenvalue weighted by Crippen LogP contribution is -2.29. The van der Waals surface area contributed by atoms with E-state index >= 15 is 0 Å². The van der Waals surface area contributed by atoms with Gasteiger partial charge in [0, 0.05) is 31.2 Å². The van der Waals surface area contributed by atoms with E-state index in [2.05, 4.69) is 15.4 Å². The van der Waals surface area contributed by atoms with Crippen LogP contribution in [-0.4, -0.2) is 20.7 Å². The molecule has 2 aromatic carbocycles. The highest BCUT2D eigenvalue weighted by Gasteiger charge is 2.15. The first-order chi connectivity index (χ1) is 14.9. The predicted molar refractivity (Wildman–Crippen MR) is 118 cm³/mol. The molecule has 7 nitrogen and oxygen atoms in total. The molecule has 0 unspecified atom stereocenters. The van der Waals surface area contributed by atoms with E-state index in [1.807, 2.05) is 38.1 Å². The van der Waals surface area contributed by atoms with Crippen LogP contribution in [0.1, 0.15) is 27.2 Å². The van der Waals surface area contributed by atoms with E-state index in [0.717, 1.165) is 22.4 Å². The minimum absolute atomic E-state index is 0.209. The third kappa shape index (κ3) is 4.30. The Morgan fingerprint density at radius 1 is 1.06 bits per heavy atom. The molecule has 1 N–H and O–H groups in total. The molecule has 4 rings (SSSR count). The van der Waals surface area contributed by atoms with E-state index in [9.17, 15) is 9.59 Å². The molecular weight excluding hydrogens is 392 g/mol. The Balaban J connectivity index is 1.47. The number of fused-ring (bicyclic) bond motifs is 1. The molecule has 0 aliphatic heterocycles. The molecule has 2 heterocycles. The highest BCUT2D eigenvalue weighted by molar-refractivity contribution is 6.04. The summed E-state index contributed by atoms with van der Waals surface area (Å²) >= 11 is 0. The second-order valence-electron chi connectivity index (χ2n) is 7.38. The van der Waals surface area contributed by atoms with Gasteiger partial charge in [-0.05, 0) is 42.7 Å². The molecule has 156 valence electrons. The maximum absolute atomic E-state index is 12.7. The molecule has 0 saturated carbocycles. The number of carbonyl (C=O) groups is 1. The number of aromatic nitrogens is 3. The summed E-state index contributed by atoms with van der Waals surface area (Å²) in [6.45, 7) is 4.26. The number of benzene rings is 2. The van der Waals surface area contributed by atoms with Gasteiger partial charge in [-0.1, -0.05) is 36.4 Å². The van der Waals surface area contributed by atoms with Crippen LogP contribution in [0.4, 0.5) is 0 Å². The van der Waals surface area contributed by atoms with Gasteiger partial charge < -0.3 is 10.1 Å². The molecule has 0 aliphatic rings. The lowest BCUT2D eigenvalue weighted by atomic mass is 10.1. The molecule has 0 saturated heterocycles. The van der Waals surface area contributed by atoms with E-state index in [1.165, 1.54) is 11.7 Å². The average molecular weight is 414 g/mol. The summed E-state index contributed by atoms with van der Waals surface area (Å²) in [5.74, 6) is 0.887. The largest absolute Gasteiger partial charge is 0.439 e. The SMILES string of the molecule is Cc1ccc(C)c(Oc2ccc(CNC(=O)c3nn(C)c(=O)c4ccccc34)cn2)c1. The number of amides is 1. The number of hydrogen-bond donors (Lipinski definition) is 1. The summed E-state index contributed by atoms with van der Waals surface area (Å²) in [6, 6.07) is 16.6. The highest BCUT2D eigenvalue weighted by atomic mass is 16.5. The fraction of sp³-hybridized carbons (Fsp3) is 0.167. The third-order valence-electron chi connectivity index (χ3n) is 4.98. The molecule has 0 atom stereocenters. The predicted octanol–water partition coefficient (Wildman–Crippen LogP) is 3.67. The first-order valence-electron chi connectivity index (χ1n) is 9.86. The van der Waals surface area contributed by atoms with Crippen LogP contribution in [0.5, 0.6) is 11.6 Å². The lowest BCUT2D eigenvalue weighted by molar-refractivity contribution is 0.0945. The normalized spacial score (nSPS) is 10.8. The molecule has 7 heteroatoms. The zero-order chi connectivity index (χ0) is 22.0. The summed E-state index contributed by atoms with van der Waals surface area (Å²) in [4.78, 5) is 29.3. The molecule has 0 aliphatic carbocycles. The van der Waals surface area contributed by atoms with Crippen molar-refractivity contribution in [1.29, 1.82) is 0 Å². The Bertz CT molecular complexity index is 1330. The molecule has 0 bridgehead atoms. The average Bonchev–Trinajstić information content (AvgIpc) is 2.78. The Morgan fingerprint density at radius 3 is 2.58 bits per heavy atom. The molecule has 0 radical (unpaired) electrons. The van der Waals surface area contributed by atoms with Crippen molar-refractivity contribution in [3.8, 4) is 11.6 Å². The van der Waals surface area contributed by atoms with Crippen molar-refractivity contribution in [1.82, 2.24) is 20.1 Å². The van der Waals surface area contributed by atoms with Crippen LogP contribution >= 0.6 is 0 Å². The number of hydrogen-bond acceptors (Lipinski definition) is 5. The minimum atomic E-state index is -0.359. The van der Waals surface area contributed by atoms with Crippen molar-refractivity contribution >= 4 is 16.7 Å². The van der Waals surface area contributed by atoms with Crippen LogP contribution in [0, 0.1) is 13.8 Å². The summed E-state index contributed by atoms with van der Waals surface area (Å²) < 4.78 is 7.05. The van der Waals surface area contributed by atoms with Crippen molar-refractivity contribution in [2.45, 2.75) is 20.4 Å². The van der Waals surface area contributed by atoms with E-state index in [4.69, 9.17) is 4.74 Å². The lowest BCUT2D eigenvalue weighted by Gasteiger charge is -2.10. The highest BCUT2D eigenvalue weighted by Crippen LogP contribution is 2.24. The number of nitrogens with zero attached hydrogens (tertiary/aromatic N) is 3. The van der Waals surface area contributed by atoms with Gasteiger partial charge in [0.2, 0.25) is 5.88 Å². The first kappa shape index (κ1) is 20.3. The van der Waals surface area contributed by atoms with Crippen molar-refractivity contribution < 1.29 is 9.53 Å². The van der Waals surface area contributed by atoms with Crippen molar-refractivity contribution in [3.05, 3.63) is 93.5 Å². The van der Waals surface area contributed by atoms with E-state index in [-0.39, 0.29) is 23.7 Å². The molecule has 2 aromatic heterocycles.